The molecule has 4 heterocycles. The van der Waals surface area contributed by atoms with E-state index in [0.717, 1.165) is 25.2 Å². The zero-order chi connectivity index (χ0) is 22.3. The van der Waals surface area contributed by atoms with Crippen molar-refractivity contribution >= 4 is 17.5 Å². The lowest BCUT2D eigenvalue weighted by molar-refractivity contribution is -0.181. The smallest absolute Gasteiger partial charge is 0.272 e. The largest absolute Gasteiger partial charge is 0.392 e. The highest BCUT2D eigenvalue weighted by Crippen LogP contribution is 2.65. The predicted molar refractivity (Wildman–Crippen MR) is 114 cm³/mol. The lowest BCUT2D eigenvalue weighted by atomic mass is 9.44. The summed E-state index contributed by atoms with van der Waals surface area (Å²) in [6.45, 7) is 3.96. The molecule has 5 aliphatic rings. The van der Waals surface area contributed by atoms with Crippen molar-refractivity contribution in [3.63, 3.8) is 0 Å². The number of piperidine rings is 2. The molecule has 5 fully saturated rings. The molecule has 32 heavy (non-hydrogen) atoms. The van der Waals surface area contributed by atoms with E-state index < -0.39 is 17.3 Å². The molecule has 1 spiro atoms. The van der Waals surface area contributed by atoms with Crippen LogP contribution in [0.15, 0.2) is 18.3 Å². The molecular formula is C24H29FN4O3. The Kier molecular flexibility index (Phi) is 4.26. The van der Waals surface area contributed by atoms with Gasteiger partial charge < -0.3 is 14.9 Å². The van der Waals surface area contributed by atoms with Crippen molar-refractivity contribution in [1.29, 1.82) is 0 Å². The van der Waals surface area contributed by atoms with E-state index in [2.05, 4.69) is 4.98 Å². The van der Waals surface area contributed by atoms with Gasteiger partial charge in [0.25, 0.3) is 5.91 Å². The second-order valence-corrected chi connectivity index (χ2v) is 10.6. The maximum atomic E-state index is 13.8. The number of carbonyl (C=O) groups is 2. The minimum atomic E-state index is -0.487. The molecule has 2 aromatic heterocycles. The molecule has 2 saturated heterocycles. The summed E-state index contributed by atoms with van der Waals surface area (Å²) in [4.78, 5) is 34.7. The van der Waals surface area contributed by atoms with Crippen molar-refractivity contribution in [2.75, 3.05) is 26.2 Å². The van der Waals surface area contributed by atoms with Crippen molar-refractivity contribution in [3.8, 4) is 0 Å². The molecule has 7 rings (SSSR count). The summed E-state index contributed by atoms with van der Waals surface area (Å²) in [6.07, 6.45) is 5.88. The molecule has 1 N–H and O–H groups in total. The number of pyridine rings is 1. The van der Waals surface area contributed by atoms with Gasteiger partial charge in [0.15, 0.2) is 0 Å². The van der Waals surface area contributed by atoms with E-state index in [9.17, 15) is 19.1 Å². The van der Waals surface area contributed by atoms with Crippen LogP contribution in [0.5, 0.6) is 0 Å². The fourth-order valence-corrected chi connectivity index (χ4v) is 6.59. The summed E-state index contributed by atoms with van der Waals surface area (Å²) >= 11 is 0. The summed E-state index contributed by atoms with van der Waals surface area (Å²) in [5.41, 5.74) is 1.02. The predicted octanol–water partition coefficient (Wildman–Crippen LogP) is 2.40. The molecule has 3 saturated carbocycles. The number of amides is 2. The normalized spacial score (nSPS) is 30.8. The highest BCUT2D eigenvalue weighted by molar-refractivity contribution is 5.95. The first-order chi connectivity index (χ1) is 15.3. The quantitative estimate of drug-likeness (QED) is 0.778. The average molecular weight is 441 g/mol. The number of hydrogen-bond donors (Lipinski definition) is 1. The van der Waals surface area contributed by atoms with E-state index in [4.69, 9.17) is 0 Å². The summed E-state index contributed by atoms with van der Waals surface area (Å²) in [5.74, 6) is 0.470. The third-order valence-corrected chi connectivity index (χ3v) is 8.67. The van der Waals surface area contributed by atoms with Gasteiger partial charge in [0.1, 0.15) is 17.2 Å². The van der Waals surface area contributed by atoms with E-state index in [-0.39, 0.29) is 11.3 Å². The number of hydrogen-bond acceptors (Lipinski definition) is 4. The molecule has 0 unspecified atom stereocenters. The van der Waals surface area contributed by atoms with Gasteiger partial charge in [-0.25, -0.2) is 9.37 Å². The van der Waals surface area contributed by atoms with Crippen LogP contribution in [-0.4, -0.2) is 68.4 Å². The molecule has 2 amide bonds. The van der Waals surface area contributed by atoms with Crippen molar-refractivity contribution in [2.45, 2.75) is 51.6 Å². The van der Waals surface area contributed by atoms with Gasteiger partial charge in [-0.2, -0.15) is 0 Å². The minimum absolute atomic E-state index is 0.0712. The third kappa shape index (κ3) is 2.77. The molecule has 3 aliphatic carbocycles. The Morgan fingerprint density at radius 1 is 1.12 bits per heavy atom. The van der Waals surface area contributed by atoms with Gasteiger partial charge in [-0.05, 0) is 63.5 Å². The molecule has 2 bridgehead atoms. The Balaban J connectivity index is 1.20. The number of halogens is 1. The second kappa shape index (κ2) is 6.76. The van der Waals surface area contributed by atoms with Crippen LogP contribution in [0.3, 0.4) is 0 Å². The van der Waals surface area contributed by atoms with E-state index in [1.165, 1.54) is 16.7 Å². The zero-order valence-electron chi connectivity index (χ0n) is 18.4. The molecule has 2 aromatic rings. The fourth-order valence-electron chi connectivity index (χ4n) is 6.59. The van der Waals surface area contributed by atoms with E-state index in [1.807, 2.05) is 4.90 Å². The molecule has 1 atom stereocenters. The van der Waals surface area contributed by atoms with Crippen molar-refractivity contribution in [2.24, 2.45) is 16.7 Å². The standard InChI is InChI=1S/C24H29FN4O3/c1-15-20(29-13-17(25)2-3-19(29)26-15)21(31)28-7-4-18(30)23(14-28)5-8-27(9-6-23)22(32)24-10-16(11-24)12-24/h2-3,13,16,18,30H,4-12,14H2,1H3/t16?,18-,24?/m1/s1. The molecule has 170 valence electrons. The minimum Gasteiger partial charge on any atom is -0.392 e. The SMILES string of the molecule is Cc1nc2ccc(F)cn2c1C(=O)N1CC[C@@H](O)C2(CCN(C(=O)C34CC(C3)C4)CC2)C1. The van der Waals surface area contributed by atoms with Gasteiger partial charge in [-0.1, -0.05) is 0 Å². The second-order valence-electron chi connectivity index (χ2n) is 10.6. The zero-order valence-corrected chi connectivity index (χ0v) is 18.4. The highest BCUT2D eigenvalue weighted by Gasteiger charge is 2.62. The van der Waals surface area contributed by atoms with Crippen LogP contribution >= 0.6 is 0 Å². The van der Waals surface area contributed by atoms with Crippen LogP contribution in [0, 0.1) is 29.5 Å². The number of carbonyl (C=O) groups excluding carboxylic acids is 2. The third-order valence-electron chi connectivity index (χ3n) is 8.67. The molecule has 0 aromatic carbocycles. The summed E-state index contributed by atoms with van der Waals surface area (Å²) in [7, 11) is 0. The van der Waals surface area contributed by atoms with Gasteiger partial charge >= 0.3 is 0 Å². The number of imidazole rings is 1. The number of aromatic nitrogens is 2. The summed E-state index contributed by atoms with van der Waals surface area (Å²) < 4.78 is 15.4. The maximum absolute atomic E-state index is 13.8. The number of nitrogens with zero attached hydrogens (tertiary/aromatic N) is 4. The maximum Gasteiger partial charge on any atom is 0.272 e. The number of aliphatic hydroxyl groups excluding tert-OH is 1. The Bertz CT molecular complexity index is 1100. The van der Waals surface area contributed by atoms with Gasteiger partial charge in [0.05, 0.1) is 17.2 Å². The van der Waals surface area contributed by atoms with Crippen molar-refractivity contribution < 1.29 is 19.1 Å². The Labute approximate surface area is 186 Å². The molecule has 2 aliphatic heterocycles. The Hall–Kier alpha value is -2.48. The molecule has 0 radical (unpaired) electrons. The first-order valence-corrected chi connectivity index (χ1v) is 11.7. The van der Waals surface area contributed by atoms with Gasteiger partial charge in [0.2, 0.25) is 5.91 Å². The van der Waals surface area contributed by atoms with Gasteiger partial charge in [0, 0.05) is 37.8 Å². The van der Waals surface area contributed by atoms with Crippen molar-refractivity contribution in [1.82, 2.24) is 19.2 Å². The van der Waals surface area contributed by atoms with Gasteiger partial charge in [-0.3, -0.25) is 14.0 Å². The summed E-state index contributed by atoms with van der Waals surface area (Å²) in [5, 5.41) is 10.9. The first kappa shape index (κ1) is 20.1. The number of aryl methyl sites for hydroxylation is 1. The number of fused-ring (bicyclic) bond motifs is 1. The topological polar surface area (TPSA) is 78.2 Å². The van der Waals surface area contributed by atoms with E-state index in [0.29, 0.717) is 68.4 Å². The first-order valence-electron chi connectivity index (χ1n) is 11.7. The van der Waals surface area contributed by atoms with Crippen LogP contribution in [0.2, 0.25) is 0 Å². The Morgan fingerprint density at radius 3 is 2.50 bits per heavy atom. The average Bonchev–Trinajstić information content (AvgIpc) is 3.02. The molecule has 7 nitrogen and oxygen atoms in total. The number of rotatable bonds is 2. The summed E-state index contributed by atoms with van der Waals surface area (Å²) in [6, 6.07) is 2.91. The number of likely N-dealkylation sites (tertiary alicyclic amines) is 2. The van der Waals surface area contributed by atoms with Crippen LogP contribution in [-0.2, 0) is 4.79 Å². The van der Waals surface area contributed by atoms with Gasteiger partial charge in [-0.15, -0.1) is 0 Å². The van der Waals surface area contributed by atoms with Crippen LogP contribution < -0.4 is 0 Å². The molecular weight excluding hydrogens is 411 g/mol. The highest BCUT2D eigenvalue weighted by atomic mass is 19.1. The van der Waals surface area contributed by atoms with Crippen molar-refractivity contribution in [3.05, 3.63) is 35.5 Å². The Morgan fingerprint density at radius 2 is 1.84 bits per heavy atom. The van der Waals surface area contributed by atoms with Crippen LogP contribution in [0.1, 0.15) is 54.7 Å². The van der Waals surface area contributed by atoms with Crippen LogP contribution in [0.4, 0.5) is 4.39 Å². The van der Waals surface area contributed by atoms with E-state index in [1.54, 1.807) is 17.9 Å². The van der Waals surface area contributed by atoms with E-state index >= 15 is 0 Å². The van der Waals surface area contributed by atoms with Crippen LogP contribution in [0.25, 0.3) is 5.65 Å². The molecule has 8 heteroatoms. The lowest BCUT2D eigenvalue weighted by Gasteiger charge is -2.62. The lowest BCUT2D eigenvalue weighted by Crippen LogP contribution is -2.64. The number of aliphatic hydroxyl groups is 1. The monoisotopic (exact) mass is 440 g/mol. The fraction of sp³-hybridized carbons (Fsp3) is 0.625.